The van der Waals surface area contributed by atoms with E-state index >= 15 is 0 Å². The first-order valence-corrected chi connectivity index (χ1v) is 34.4. The van der Waals surface area contributed by atoms with Crippen LogP contribution in [0.4, 0.5) is 35.7 Å². The van der Waals surface area contributed by atoms with Crippen molar-refractivity contribution in [3.63, 3.8) is 0 Å². The van der Waals surface area contributed by atoms with E-state index in [-0.39, 0.29) is 244 Å². The third kappa shape index (κ3) is 44.8. The molecule has 0 radical (unpaired) electrons. The van der Waals surface area contributed by atoms with E-state index in [0.29, 0.717) is 0 Å². The van der Waals surface area contributed by atoms with E-state index in [0.717, 1.165) is 24.3 Å². The molecule has 2 aromatic heterocycles. The molecule has 2 rings (SSSR count). The maximum absolute atomic E-state index is 12.7. The summed E-state index contributed by atoms with van der Waals surface area (Å²) in [4.78, 5) is 179. The number of carbonyl (C=O) groups excluding carboxylic acids is 12. The quantitative estimate of drug-likeness (QED) is 0.0198. The average Bonchev–Trinajstić information content (AvgIpc) is 0.816. The van der Waals surface area contributed by atoms with E-state index in [1.54, 1.807) is 0 Å². The smallest absolute Gasteiger partial charge is 0.333 e. The minimum atomic E-state index is -0.655. The molecule has 0 saturated carbocycles. The second kappa shape index (κ2) is 59.8. The number of esters is 8. The fourth-order valence-corrected chi connectivity index (χ4v) is 7.25. The number of carbonyl (C=O) groups is 12. The summed E-state index contributed by atoms with van der Waals surface area (Å²) in [6.07, 6.45) is 3.98. The predicted octanol–water partition coefficient (Wildman–Crippen LogP) is -1.25. The van der Waals surface area contributed by atoms with Gasteiger partial charge >= 0.3 is 47.8 Å². The Bertz CT molecular complexity index is 3320. The minimum absolute atomic E-state index is 0.0715. The molecule has 0 aliphatic rings. The number of rotatable bonds is 62. The van der Waals surface area contributed by atoms with Crippen molar-refractivity contribution in [3.8, 4) is 0 Å². The number of nitrogens with one attached hydrogen (secondary N) is 4. The van der Waals surface area contributed by atoms with Crippen molar-refractivity contribution in [2.24, 2.45) is 0 Å². The van der Waals surface area contributed by atoms with Gasteiger partial charge in [-0.05, 0) is 27.7 Å². The lowest BCUT2D eigenvalue weighted by molar-refractivity contribution is -0.141. The molecule has 114 heavy (non-hydrogen) atoms. The molecule has 4 amide bonds. The standard InChI is InChI=1S/C37H56N8O14.C33H48N8O14/c1-25(2)31(48)56-15-11-52-21-43(19-29(46)38-9)35-40-36(44(20-30(47)39-10)22-53-12-16-57-32(49)26(3)4)42-37(41-35)45(23-54-13-17-58-33(50)27(5)6)24-55-14-18-59-34(51)28(7)8;1-7-27(44)52-15-11-48-21-39(19-25(42)34-5)31-36-32(40(20-26(43)35-6)22-49-12-16-53-28(45)8-2)38-33(37-31)41(23-50-13-17-54-29(46)9-3)24-51-14-18-55-30(47)10-4/h1,3,5,7,11-24H2,2,4,6,8-10H3,(H,38,46)(H,39,47);7-10H,1-4,11-24H2,5-6H3,(H,34,42)(H,35,43). The van der Waals surface area contributed by atoms with E-state index < -0.39 is 71.4 Å². The molecule has 0 aromatic carbocycles. The Kier molecular flexibility index (Phi) is 52.5. The summed E-state index contributed by atoms with van der Waals surface area (Å²) in [6.45, 7) is 28.3. The van der Waals surface area contributed by atoms with Gasteiger partial charge < -0.3 is 117 Å². The molecule has 44 heteroatoms. The zero-order chi connectivity index (χ0) is 85.2. The Hall–Kier alpha value is -11.9. The molecular formula is C70H104N16O28. The number of aromatic nitrogens is 6. The fraction of sp³-hybridized carbons (Fsp3) is 0.514. The molecule has 632 valence electrons. The van der Waals surface area contributed by atoms with Crippen LogP contribution < -0.4 is 50.7 Å². The number of hydrogen-bond acceptors (Lipinski definition) is 40. The third-order valence-electron chi connectivity index (χ3n) is 13.1. The summed E-state index contributed by atoms with van der Waals surface area (Å²) in [5.41, 5.74) is 0.809. The number of ether oxygens (including phenoxy) is 16. The van der Waals surface area contributed by atoms with Crippen LogP contribution in [0.25, 0.3) is 0 Å². The highest BCUT2D eigenvalue weighted by atomic mass is 16.6. The van der Waals surface area contributed by atoms with Crippen molar-refractivity contribution in [1.82, 2.24) is 51.2 Å². The van der Waals surface area contributed by atoms with Crippen LogP contribution in [0.5, 0.6) is 0 Å². The topological polar surface area (TPSA) is 497 Å². The van der Waals surface area contributed by atoms with Crippen LogP contribution in [0, 0.1) is 0 Å². The number of likely N-dealkylation sites (N-methyl/N-ethyl adjacent to an activating group) is 4. The maximum atomic E-state index is 12.7. The van der Waals surface area contributed by atoms with Crippen LogP contribution in [-0.2, 0) is 133 Å². The van der Waals surface area contributed by atoms with Gasteiger partial charge in [-0.25, -0.2) is 38.4 Å². The molecule has 0 saturated heterocycles. The van der Waals surface area contributed by atoms with Crippen molar-refractivity contribution in [2.75, 3.05) is 243 Å². The van der Waals surface area contributed by atoms with Crippen molar-refractivity contribution in [1.29, 1.82) is 0 Å². The first-order valence-electron chi connectivity index (χ1n) is 34.4. The maximum Gasteiger partial charge on any atom is 0.333 e. The second-order valence-electron chi connectivity index (χ2n) is 22.5. The normalized spacial score (nSPS) is 10.3. The monoisotopic (exact) mass is 1620 g/mol. The lowest BCUT2D eigenvalue weighted by Crippen LogP contribution is -2.41. The van der Waals surface area contributed by atoms with Crippen molar-refractivity contribution >= 4 is 107 Å². The van der Waals surface area contributed by atoms with Crippen LogP contribution in [0.15, 0.2) is 99.2 Å². The van der Waals surface area contributed by atoms with Crippen molar-refractivity contribution in [3.05, 3.63) is 99.2 Å². The summed E-state index contributed by atoms with van der Waals surface area (Å²) < 4.78 is 85.9. The van der Waals surface area contributed by atoms with E-state index in [1.165, 1.54) is 85.3 Å². The molecule has 0 aliphatic carbocycles. The highest BCUT2D eigenvalue weighted by molar-refractivity contribution is 5.89. The summed E-state index contributed by atoms with van der Waals surface area (Å²) in [5, 5.41) is 10.1. The number of amides is 4. The van der Waals surface area contributed by atoms with Gasteiger partial charge in [0.25, 0.3) is 0 Å². The fourth-order valence-electron chi connectivity index (χ4n) is 7.25. The van der Waals surface area contributed by atoms with Gasteiger partial charge in [-0.3, -0.25) is 29.0 Å². The van der Waals surface area contributed by atoms with E-state index in [1.807, 2.05) is 0 Å². The number of nitrogens with zero attached hydrogens (tertiary/aromatic N) is 12. The van der Waals surface area contributed by atoms with Gasteiger partial charge in [0.1, 0.15) is 133 Å². The number of hydrogen-bond donors (Lipinski definition) is 4. The zero-order valence-electron chi connectivity index (χ0n) is 65.6. The van der Waals surface area contributed by atoms with Gasteiger partial charge in [0.2, 0.25) is 59.3 Å². The molecule has 0 aliphatic heterocycles. The largest absolute Gasteiger partial charge is 0.460 e. The molecule has 0 fully saturated rings. The highest BCUT2D eigenvalue weighted by Crippen LogP contribution is 2.23. The lowest BCUT2D eigenvalue weighted by atomic mass is 10.4. The summed E-state index contributed by atoms with van der Waals surface area (Å²) in [6, 6.07) is 0. The first kappa shape index (κ1) is 100. The predicted molar refractivity (Wildman–Crippen MR) is 405 cm³/mol. The van der Waals surface area contributed by atoms with E-state index in [4.69, 9.17) is 75.8 Å². The highest BCUT2D eigenvalue weighted by Gasteiger charge is 2.27. The van der Waals surface area contributed by atoms with Crippen LogP contribution >= 0.6 is 0 Å². The molecule has 0 bridgehead atoms. The molecule has 0 atom stereocenters. The lowest BCUT2D eigenvalue weighted by Gasteiger charge is -2.28. The second-order valence-corrected chi connectivity index (χ2v) is 22.5. The van der Waals surface area contributed by atoms with Gasteiger partial charge in [-0.15, -0.1) is 0 Å². The van der Waals surface area contributed by atoms with Gasteiger partial charge in [-0.1, -0.05) is 52.6 Å². The Morgan fingerprint density at radius 1 is 0.263 bits per heavy atom. The molecule has 0 spiro atoms. The summed E-state index contributed by atoms with van der Waals surface area (Å²) >= 11 is 0. The Labute approximate surface area is 659 Å². The van der Waals surface area contributed by atoms with Crippen LogP contribution in [0.2, 0.25) is 0 Å². The zero-order valence-corrected chi connectivity index (χ0v) is 65.6. The Morgan fingerprint density at radius 3 is 0.561 bits per heavy atom. The number of anilines is 6. The van der Waals surface area contributed by atoms with Crippen molar-refractivity contribution < 1.29 is 133 Å². The summed E-state index contributed by atoms with van der Waals surface area (Å²) in [5.74, 6) is -7.60. The van der Waals surface area contributed by atoms with Gasteiger partial charge in [0.05, 0.1) is 52.9 Å². The van der Waals surface area contributed by atoms with Crippen LogP contribution in [-0.4, -0.2) is 315 Å². The van der Waals surface area contributed by atoms with Crippen molar-refractivity contribution in [2.45, 2.75) is 27.7 Å². The SMILES string of the molecule is C=C(C)C(=O)OCCOCN(COCCOC(=O)C(=C)C)c1nc(N(COCCOC(=O)C(=C)C)CC(=O)NC)nc(N(COCCOC(=O)C(=C)C)CC(=O)NC)n1.C=CC(=O)OCCOCN(COCCOC(=O)C=C)c1nc(N(COCCOC(=O)C=C)CC(=O)NC)nc(N(COCCOC(=O)C=C)CC(=O)NC)n1. The molecule has 0 unspecified atom stereocenters. The molecule has 2 aromatic rings. The summed E-state index contributed by atoms with van der Waals surface area (Å²) in [7, 11) is 5.70. The van der Waals surface area contributed by atoms with Gasteiger partial charge in [-0.2, -0.15) is 29.9 Å². The van der Waals surface area contributed by atoms with Crippen LogP contribution in [0.3, 0.4) is 0 Å². The third-order valence-corrected chi connectivity index (χ3v) is 13.1. The van der Waals surface area contributed by atoms with Crippen LogP contribution in [0.1, 0.15) is 27.7 Å². The Balaban J connectivity index is 0.00000114. The minimum Gasteiger partial charge on any atom is -0.460 e. The van der Waals surface area contributed by atoms with E-state index in [2.05, 4.69) is 104 Å². The van der Waals surface area contributed by atoms with E-state index in [9.17, 15) is 57.5 Å². The average molecular weight is 1620 g/mol. The molecular weight excluding hydrogens is 1510 g/mol. The van der Waals surface area contributed by atoms with Gasteiger partial charge in [0.15, 0.2) is 0 Å². The molecule has 2 heterocycles. The first-order chi connectivity index (χ1) is 54.5. The van der Waals surface area contributed by atoms with Gasteiger partial charge in [0, 0.05) is 74.8 Å². The Morgan fingerprint density at radius 2 is 0.412 bits per heavy atom. The molecule has 44 nitrogen and oxygen atoms in total. The molecule has 4 N–H and O–H groups in total.